The number of nitrogens with zero attached hydrogens (tertiary/aromatic N) is 3. The van der Waals surface area contributed by atoms with Crippen LogP contribution >= 0.6 is 0 Å². The number of imidazole rings is 1. The van der Waals surface area contributed by atoms with Crippen LogP contribution in [0.5, 0.6) is 11.5 Å². The smallest absolute Gasteiger partial charge is 0.358 e. The first-order valence-corrected chi connectivity index (χ1v) is 11.3. The number of rotatable bonds is 7. The fraction of sp³-hybridized carbons (Fsp3) is 0.346. The standard InChI is InChI=1S/C26H29N3O5/c1-6-34-26(31)24-22-14-28(13-18-7-9-19(32-4)12-23(18)33-5)25(30)20-11-17(16(2)3)8-10-21(20)29(22)15-27-24/h7-12,15-16H,6,13-14H2,1-5H3. The second-order valence-electron chi connectivity index (χ2n) is 8.40. The van der Waals surface area contributed by atoms with Crippen molar-refractivity contribution in [1.82, 2.24) is 14.5 Å². The van der Waals surface area contributed by atoms with E-state index in [1.165, 1.54) is 0 Å². The summed E-state index contributed by atoms with van der Waals surface area (Å²) in [6, 6.07) is 11.4. The van der Waals surface area contributed by atoms with Gasteiger partial charge in [-0.25, -0.2) is 9.78 Å². The van der Waals surface area contributed by atoms with Crippen LogP contribution in [-0.4, -0.2) is 47.2 Å². The number of benzene rings is 2. The van der Waals surface area contributed by atoms with E-state index in [0.717, 1.165) is 11.1 Å². The molecule has 1 aliphatic rings. The first-order valence-electron chi connectivity index (χ1n) is 11.3. The Labute approximate surface area is 199 Å². The van der Waals surface area contributed by atoms with Gasteiger partial charge in [0.2, 0.25) is 0 Å². The summed E-state index contributed by atoms with van der Waals surface area (Å²) < 4.78 is 17.9. The van der Waals surface area contributed by atoms with Gasteiger partial charge in [-0.05, 0) is 42.7 Å². The highest BCUT2D eigenvalue weighted by molar-refractivity contribution is 5.99. The third-order valence-corrected chi connectivity index (χ3v) is 6.00. The molecule has 1 aromatic heterocycles. The van der Waals surface area contributed by atoms with E-state index in [2.05, 4.69) is 18.8 Å². The summed E-state index contributed by atoms with van der Waals surface area (Å²) in [4.78, 5) is 32.5. The van der Waals surface area contributed by atoms with Crippen molar-refractivity contribution in [2.45, 2.75) is 39.8 Å². The van der Waals surface area contributed by atoms with Gasteiger partial charge in [0.05, 0.1) is 50.9 Å². The molecule has 0 bridgehead atoms. The Hall–Kier alpha value is -3.81. The average molecular weight is 464 g/mol. The summed E-state index contributed by atoms with van der Waals surface area (Å²) in [6.45, 7) is 6.64. The quantitative estimate of drug-likeness (QED) is 0.485. The highest BCUT2D eigenvalue weighted by Gasteiger charge is 2.31. The van der Waals surface area contributed by atoms with Crippen molar-refractivity contribution in [2.75, 3.05) is 20.8 Å². The minimum Gasteiger partial charge on any atom is -0.497 e. The van der Waals surface area contributed by atoms with Crippen LogP contribution in [0.25, 0.3) is 5.69 Å². The first-order chi connectivity index (χ1) is 16.4. The number of fused-ring (bicyclic) bond motifs is 3. The summed E-state index contributed by atoms with van der Waals surface area (Å²) in [5.74, 6) is 0.903. The Morgan fingerprint density at radius 3 is 2.59 bits per heavy atom. The van der Waals surface area contributed by atoms with E-state index >= 15 is 0 Å². The number of ether oxygens (including phenoxy) is 3. The van der Waals surface area contributed by atoms with Gasteiger partial charge in [-0.15, -0.1) is 0 Å². The molecule has 0 unspecified atom stereocenters. The first kappa shape index (κ1) is 23.4. The molecule has 0 N–H and O–H groups in total. The Bertz CT molecular complexity index is 1230. The molecule has 1 aliphatic heterocycles. The maximum Gasteiger partial charge on any atom is 0.358 e. The number of amides is 1. The summed E-state index contributed by atoms with van der Waals surface area (Å²) in [6.07, 6.45) is 1.58. The van der Waals surface area contributed by atoms with Crippen LogP contribution in [0.3, 0.4) is 0 Å². The fourth-order valence-corrected chi connectivity index (χ4v) is 4.14. The molecule has 0 aliphatic carbocycles. The van der Waals surface area contributed by atoms with Crippen molar-refractivity contribution in [3.63, 3.8) is 0 Å². The van der Waals surface area contributed by atoms with Crippen molar-refractivity contribution in [2.24, 2.45) is 0 Å². The molecular formula is C26H29N3O5. The van der Waals surface area contributed by atoms with Gasteiger partial charge < -0.3 is 19.1 Å². The Balaban J connectivity index is 1.84. The van der Waals surface area contributed by atoms with Gasteiger partial charge in [0, 0.05) is 11.6 Å². The van der Waals surface area contributed by atoms with E-state index in [1.807, 2.05) is 34.9 Å². The second kappa shape index (κ2) is 9.59. The zero-order chi connectivity index (χ0) is 24.4. The summed E-state index contributed by atoms with van der Waals surface area (Å²) in [5.41, 5.74) is 3.95. The van der Waals surface area contributed by atoms with Gasteiger partial charge in [0.15, 0.2) is 5.69 Å². The number of aromatic nitrogens is 2. The molecule has 34 heavy (non-hydrogen) atoms. The lowest BCUT2D eigenvalue weighted by molar-refractivity contribution is 0.0514. The van der Waals surface area contributed by atoms with Crippen LogP contribution in [0.4, 0.5) is 0 Å². The summed E-state index contributed by atoms with van der Waals surface area (Å²) in [7, 11) is 3.18. The number of carbonyl (C=O) groups is 2. The van der Waals surface area contributed by atoms with Crippen LogP contribution in [0.15, 0.2) is 42.7 Å². The maximum atomic E-state index is 13.8. The van der Waals surface area contributed by atoms with Crippen molar-refractivity contribution in [1.29, 1.82) is 0 Å². The van der Waals surface area contributed by atoms with Crippen molar-refractivity contribution >= 4 is 11.9 Å². The normalized spacial score (nSPS) is 12.8. The number of hydrogen-bond acceptors (Lipinski definition) is 6. The monoisotopic (exact) mass is 463 g/mol. The molecule has 0 saturated carbocycles. The zero-order valence-electron chi connectivity index (χ0n) is 20.1. The molecule has 4 rings (SSSR count). The molecule has 0 fully saturated rings. The molecule has 0 spiro atoms. The molecule has 8 heteroatoms. The van der Waals surface area contributed by atoms with Crippen molar-refractivity contribution < 1.29 is 23.8 Å². The molecule has 178 valence electrons. The molecule has 0 radical (unpaired) electrons. The zero-order valence-corrected chi connectivity index (χ0v) is 20.1. The third kappa shape index (κ3) is 4.23. The molecular weight excluding hydrogens is 434 g/mol. The average Bonchev–Trinajstić information content (AvgIpc) is 3.22. The summed E-state index contributed by atoms with van der Waals surface area (Å²) >= 11 is 0. The van der Waals surface area contributed by atoms with Crippen molar-refractivity contribution in [3.8, 4) is 17.2 Å². The van der Waals surface area contributed by atoms with Gasteiger partial charge >= 0.3 is 5.97 Å². The van der Waals surface area contributed by atoms with Gasteiger partial charge in [-0.3, -0.25) is 9.36 Å². The lowest BCUT2D eigenvalue weighted by Crippen LogP contribution is -2.30. The Morgan fingerprint density at radius 2 is 1.91 bits per heavy atom. The molecule has 2 heterocycles. The van der Waals surface area contributed by atoms with Crippen LogP contribution in [0, 0.1) is 0 Å². The number of methoxy groups -OCH3 is 2. The van der Waals surface area contributed by atoms with E-state index in [4.69, 9.17) is 14.2 Å². The maximum absolute atomic E-state index is 13.8. The number of hydrogen-bond donors (Lipinski definition) is 0. The third-order valence-electron chi connectivity index (χ3n) is 6.00. The SMILES string of the molecule is CCOC(=O)c1ncn2c1CN(Cc1ccc(OC)cc1OC)C(=O)c1cc(C(C)C)ccc1-2. The van der Waals surface area contributed by atoms with E-state index in [1.54, 1.807) is 38.4 Å². The van der Waals surface area contributed by atoms with E-state index < -0.39 is 5.97 Å². The van der Waals surface area contributed by atoms with Gasteiger partial charge in [-0.1, -0.05) is 19.9 Å². The lowest BCUT2D eigenvalue weighted by Gasteiger charge is -2.23. The summed E-state index contributed by atoms with van der Waals surface area (Å²) in [5, 5.41) is 0. The topological polar surface area (TPSA) is 82.9 Å². The number of carbonyl (C=O) groups excluding carboxylic acids is 2. The molecule has 3 aromatic rings. The fourth-order valence-electron chi connectivity index (χ4n) is 4.14. The lowest BCUT2D eigenvalue weighted by atomic mass is 9.99. The molecule has 2 aromatic carbocycles. The Morgan fingerprint density at radius 1 is 1.12 bits per heavy atom. The van der Waals surface area contributed by atoms with E-state index in [9.17, 15) is 9.59 Å². The largest absolute Gasteiger partial charge is 0.497 e. The predicted molar refractivity (Wildman–Crippen MR) is 127 cm³/mol. The highest BCUT2D eigenvalue weighted by Crippen LogP contribution is 2.32. The molecule has 0 saturated heterocycles. The van der Waals surface area contributed by atoms with E-state index in [0.29, 0.717) is 28.4 Å². The highest BCUT2D eigenvalue weighted by atomic mass is 16.5. The van der Waals surface area contributed by atoms with Gasteiger partial charge in [-0.2, -0.15) is 0 Å². The minimum atomic E-state index is -0.507. The van der Waals surface area contributed by atoms with Crippen LogP contribution in [-0.2, 0) is 17.8 Å². The molecule has 8 nitrogen and oxygen atoms in total. The number of esters is 1. The van der Waals surface area contributed by atoms with Gasteiger partial charge in [0.1, 0.15) is 17.8 Å². The minimum absolute atomic E-state index is 0.131. The van der Waals surface area contributed by atoms with Crippen molar-refractivity contribution in [3.05, 3.63) is 70.8 Å². The molecule has 1 amide bonds. The van der Waals surface area contributed by atoms with Crippen LogP contribution in [0.1, 0.15) is 64.4 Å². The van der Waals surface area contributed by atoms with Crippen LogP contribution in [0.2, 0.25) is 0 Å². The van der Waals surface area contributed by atoms with E-state index in [-0.39, 0.29) is 37.2 Å². The molecule has 0 atom stereocenters. The second-order valence-corrected chi connectivity index (χ2v) is 8.40. The predicted octanol–water partition coefficient (Wildman–Crippen LogP) is 4.35. The van der Waals surface area contributed by atoms with Crippen LogP contribution < -0.4 is 9.47 Å². The Kier molecular flexibility index (Phi) is 6.58. The van der Waals surface area contributed by atoms with Gasteiger partial charge in [0.25, 0.3) is 5.91 Å².